The van der Waals surface area contributed by atoms with Crippen molar-refractivity contribution in [2.75, 3.05) is 14.2 Å². The van der Waals surface area contributed by atoms with Crippen molar-refractivity contribution in [3.8, 4) is 11.5 Å². The molecule has 1 aromatic heterocycles. The van der Waals surface area contributed by atoms with E-state index in [1.54, 1.807) is 60.7 Å². The largest absolute Gasteiger partial charge is 0.507 e. The van der Waals surface area contributed by atoms with Gasteiger partial charge in [-0.05, 0) is 24.3 Å². The van der Waals surface area contributed by atoms with Gasteiger partial charge in [0.1, 0.15) is 23.0 Å². The molecule has 0 unspecified atom stereocenters. The van der Waals surface area contributed by atoms with E-state index in [4.69, 9.17) is 13.9 Å². The maximum absolute atomic E-state index is 13.1. The fourth-order valence-electron chi connectivity index (χ4n) is 3.73. The van der Waals surface area contributed by atoms with Crippen molar-refractivity contribution in [3.63, 3.8) is 0 Å². The van der Waals surface area contributed by atoms with E-state index in [2.05, 4.69) is 0 Å². The number of methoxy groups -OCH3 is 2. The van der Waals surface area contributed by atoms with Gasteiger partial charge in [-0.15, -0.1) is 0 Å². The van der Waals surface area contributed by atoms with E-state index in [0.29, 0.717) is 28.4 Å². The number of aliphatic hydroxyl groups excluding tert-OH is 1. The SMILES string of the molecule is COc1ccc([C@H]2/C(=C(\O)c3ccccc3)C(=O)C(=O)N2Cc2ccco2)c(OC)c1. The van der Waals surface area contributed by atoms with Crippen LogP contribution in [0.4, 0.5) is 0 Å². The molecule has 1 fully saturated rings. The Bertz CT molecular complexity index is 1130. The molecule has 0 spiro atoms. The van der Waals surface area contributed by atoms with Gasteiger partial charge in [-0.1, -0.05) is 30.3 Å². The van der Waals surface area contributed by atoms with Crippen LogP contribution in [0.3, 0.4) is 0 Å². The normalized spacial score (nSPS) is 17.7. The van der Waals surface area contributed by atoms with Gasteiger partial charge in [-0.3, -0.25) is 9.59 Å². The summed E-state index contributed by atoms with van der Waals surface area (Å²) in [4.78, 5) is 27.4. The highest BCUT2D eigenvalue weighted by Gasteiger charge is 2.47. The lowest BCUT2D eigenvalue weighted by molar-refractivity contribution is -0.140. The summed E-state index contributed by atoms with van der Waals surface area (Å²) in [6.45, 7) is 0.0585. The minimum Gasteiger partial charge on any atom is -0.507 e. The molecule has 1 amide bonds. The van der Waals surface area contributed by atoms with Crippen LogP contribution in [-0.4, -0.2) is 35.9 Å². The number of rotatable bonds is 6. The van der Waals surface area contributed by atoms with Crippen LogP contribution in [0.2, 0.25) is 0 Å². The number of hydrogen-bond donors (Lipinski definition) is 1. The van der Waals surface area contributed by atoms with Gasteiger partial charge in [-0.2, -0.15) is 0 Å². The fourth-order valence-corrected chi connectivity index (χ4v) is 3.73. The Morgan fingerprint density at radius 2 is 1.81 bits per heavy atom. The van der Waals surface area contributed by atoms with Gasteiger partial charge in [0.2, 0.25) is 0 Å². The second-order valence-electron chi connectivity index (χ2n) is 6.98. The smallest absolute Gasteiger partial charge is 0.296 e. The monoisotopic (exact) mass is 419 g/mol. The summed E-state index contributed by atoms with van der Waals surface area (Å²) in [6.07, 6.45) is 1.50. The van der Waals surface area contributed by atoms with E-state index < -0.39 is 17.7 Å². The highest BCUT2D eigenvalue weighted by Crippen LogP contribution is 2.44. The zero-order valence-corrected chi connectivity index (χ0v) is 17.1. The number of likely N-dealkylation sites (tertiary alicyclic amines) is 1. The summed E-state index contributed by atoms with van der Waals surface area (Å²) >= 11 is 0. The van der Waals surface area contributed by atoms with Gasteiger partial charge in [0.25, 0.3) is 11.7 Å². The number of benzene rings is 2. The summed E-state index contributed by atoms with van der Waals surface area (Å²) in [5, 5.41) is 11.0. The predicted octanol–water partition coefficient (Wildman–Crippen LogP) is 3.92. The van der Waals surface area contributed by atoms with E-state index in [-0.39, 0.29) is 17.9 Å². The lowest BCUT2D eigenvalue weighted by Gasteiger charge is -2.26. The summed E-state index contributed by atoms with van der Waals surface area (Å²) in [5.41, 5.74) is 0.980. The van der Waals surface area contributed by atoms with Crippen molar-refractivity contribution in [2.45, 2.75) is 12.6 Å². The molecule has 1 atom stereocenters. The maximum atomic E-state index is 13.1. The average Bonchev–Trinajstić information content (AvgIpc) is 3.41. The van der Waals surface area contributed by atoms with Gasteiger partial charge < -0.3 is 23.9 Å². The topological polar surface area (TPSA) is 89.2 Å². The number of ether oxygens (including phenoxy) is 2. The Labute approximate surface area is 179 Å². The van der Waals surface area contributed by atoms with E-state index >= 15 is 0 Å². The van der Waals surface area contributed by atoms with Gasteiger partial charge >= 0.3 is 0 Å². The summed E-state index contributed by atoms with van der Waals surface area (Å²) < 4.78 is 16.2. The third kappa shape index (κ3) is 3.66. The number of nitrogens with zero attached hydrogens (tertiary/aromatic N) is 1. The molecule has 3 aromatic rings. The fraction of sp³-hybridized carbons (Fsp3) is 0.167. The highest BCUT2D eigenvalue weighted by molar-refractivity contribution is 6.46. The van der Waals surface area contributed by atoms with Gasteiger partial charge in [0, 0.05) is 17.2 Å². The van der Waals surface area contributed by atoms with Crippen LogP contribution in [0.25, 0.3) is 5.76 Å². The first-order valence-electron chi connectivity index (χ1n) is 9.63. The number of carbonyl (C=O) groups is 2. The molecule has 0 radical (unpaired) electrons. The van der Waals surface area contributed by atoms with E-state index in [1.807, 2.05) is 0 Å². The summed E-state index contributed by atoms with van der Waals surface area (Å²) in [7, 11) is 3.03. The molecule has 7 heteroatoms. The van der Waals surface area contributed by atoms with E-state index in [9.17, 15) is 14.7 Å². The molecule has 31 heavy (non-hydrogen) atoms. The molecule has 1 aliphatic rings. The van der Waals surface area contributed by atoms with E-state index in [1.165, 1.54) is 25.4 Å². The minimum absolute atomic E-state index is 0.00813. The molecule has 2 heterocycles. The molecule has 0 bridgehead atoms. The van der Waals surface area contributed by atoms with Crippen molar-refractivity contribution >= 4 is 17.4 Å². The van der Waals surface area contributed by atoms with Gasteiger partial charge in [0.05, 0.1) is 38.6 Å². The van der Waals surface area contributed by atoms with Crippen LogP contribution in [0.15, 0.2) is 76.9 Å². The lowest BCUT2D eigenvalue weighted by atomic mass is 9.94. The average molecular weight is 419 g/mol. The number of furan rings is 1. The van der Waals surface area contributed by atoms with Gasteiger partial charge in [0.15, 0.2) is 0 Å². The maximum Gasteiger partial charge on any atom is 0.296 e. The highest BCUT2D eigenvalue weighted by atomic mass is 16.5. The first kappa shape index (κ1) is 20.3. The molecule has 1 N–H and O–H groups in total. The van der Waals surface area contributed by atoms with Crippen LogP contribution in [0.1, 0.15) is 22.9 Å². The van der Waals surface area contributed by atoms with Crippen LogP contribution in [-0.2, 0) is 16.1 Å². The molecule has 0 aliphatic carbocycles. The zero-order valence-electron chi connectivity index (χ0n) is 17.1. The first-order valence-corrected chi connectivity index (χ1v) is 9.63. The first-order chi connectivity index (χ1) is 15.0. The van der Waals surface area contributed by atoms with Crippen LogP contribution < -0.4 is 9.47 Å². The quantitative estimate of drug-likeness (QED) is 0.370. The lowest BCUT2D eigenvalue weighted by Crippen LogP contribution is -2.29. The zero-order chi connectivity index (χ0) is 22.0. The van der Waals surface area contributed by atoms with Crippen LogP contribution in [0.5, 0.6) is 11.5 Å². The van der Waals surface area contributed by atoms with Crippen molar-refractivity contribution in [3.05, 3.63) is 89.4 Å². The second-order valence-corrected chi connectivity index (χ2v) is 6.98. The summed E-state index contributed by atoms with van der Waals surface area (Å²) in [6, 6.07) is 16.3. The Morgan fingerprint density at radius 1 is 1.03 bits per heavy atom. The molecule has 2 aromatic carbocycles. The van der Waals surface area contributed by atoms with Crippen molar-refractivity contribution < 1.29 is 28.6 Å². The summed E-state index contributed by atoms with van der Waals surface area (Å²) in [5.74, 6) is -0.239. The third-order valence-corrected chi connectivity index (χ3v) is 5.23. The Kier molecular flexibility index (Phi) is 5.49. The Balaban J connectivity index is 1.91. The van der Waals surface area contributed by atoms with Crippen molar-refractivity contribution in [2.24, 2.45) is 0 Å². The number of hydrogen-bond acceptors (Lipinski definition) is 6. The number of carbonyl (C=O) groups excluding carboxylic acids is 2. The second kappa shape index (κ2) is 8.39. The van der Waals surface area contributed by atoms with E-state index in [0.717, 1.165) is 0 Å². The molecule has 1 saturated heterocycles. The van der Waals surface area contributed by atoms with Gasteiger partial charge in [-0.25, -0.2) is 0 Å². The molecular weight excluding hydrogens is 398 g/mol. The third-order valence-electron chi connectivity index (χ3n) is 5.23. The Morgan fingerprint density at radius 3 is 2.45 bits per heavy atom. The van der Waals surface area contributed by atoms with Crippen molar-refractivity contribution in [1.82, 2.24) is 4.90 Å². The van der Waals surface area contributed by atoms with Crippen molar-refractivity contribution in [1.29, 1.82) is 0 Å². The molecule has 7 nitrogen and oxygen atoms in total. The molecule has 1 aliphatic heterocycles. The number of amides is 1. The number of ketones is 1. The molecule has 4 rings (SSSR count). The molecule has 0 saturated carbocycles. The van der Waals surface area contributed by atoms with Crippen LogP contribution >= 0.6 is 0 Å². The predicted molar refractivity (Wildman–Crippen MR) is 113 cm³/mol. The molecular formula is C24H21NO6. The van der Waals surface area contributed by atoms with Crippen LogP contribution in [0, 0.1) is 0 Å². The minimum atomic E-state index is -0.869. The number of aliphatic hydroxyl groups is 1. The molecule has 158 valence electrons. The standard InChI is InChI=1S/C24H21NO6/c1-29-16-10-11-18(19(13-16)30-2)21-20(22(26)15-7-4-3-5-8-15)23(27)24(28)25(21)14-17-9-6-12-31-17/h3-13,21,26H,14H2,1-2H3/b22-20+/t21-/m0/s1. The Hall–Kier alpha value is -4.00. The number of Topliss-reactive ketones (excluding diaryl/α,β-unsaturated/α-hetero) is 1.